The summed E-state index contributed by atoms with van der Waals surface area (Å²) in [5.74, 6) is 1.15. The molecule has 1 aliphatic heterocycles. The second-order valence-electron chi connectivity index (χ2n) is 7.93. The summed E-state index contributed by atoms with van der Waals surface area (Å²) >= 11 is 0. The quantitative estimate of drug-likeness (QED) is 0.598. The molecule has 33 heavy (non-hydrogen) atoms. The second kappa shape index (κ2) is 10.2. The van der Waals surface area contributed by atoms with Crippen molar-refractivity contribution in [3.05, 3.63) is 95.1 Å². The molecular formula is C27H28N2O4. The molecular weight excluding hydrogens is 416 g/mol. The maximum atomic E-state index is 13.3. The van der Waals surface area contributed by atoms with Gasteiger partial charge < -0.3 is 19.7 Å². The molecule has 3 aromatic rings. The Morgan fingerprint density at radius 2 is 1.58 bits per heavy atom. The zero-order valence-corrected chi connectivity index (χ0v) is 18.9. The Balaban J connectivity index is 1.56. The molecule has 0 aliphatic carbocycles. The number of carbonyl (C=O) groups is 2. The van der Waals surface area contributed by atoms with Crippen LogP contribution in [-0.2, 0) is 11.2 Å². The van der Waals surface area contributed by atoms with Crippen molar-refractivity contribution in [3.8, 4) is 11.5 Å². The fourth-order valence-electron chi connectivity index (χ4n) is 4.33. The molecule has 0 saturated heterocycles. The third-order valence-corrected chi connectivity index (χ3v) is 5.97. The van der Waals surface area contributed by atoms with Crippen molar-refractivity contribution >= 4 is 11.8 Å². The molecule has 170 valence electrons. The van der Waals surface area contributed by atoms with E-state index in [0.29, 0.717) is 23.6 Å². The Kier molecular flexibility index (Phi) is 6.93. The standard InChI is InChI=1S/C27H28N2O4/c1-32-23-17-21-14-16-29(25(30)13-15-28-27(31)20-11-7-4-8-12-20)26(19-9-5-3-6-10-19)22(21)18-24(23)33-2/h3-12,17-18,26H,13-16H2,1-2H3,(H,28,31). The number of fused-ring (bicyclic) bond motifs is 1. The maximum absolute atomic E-state index is 13.3. The first-order chi connectivity index (χ1) is 16.1. The SMILES string of the molecule is COc1cc2c(cc1OC)C(c1ccccc1)N(C(=O)CCNC(=O)c1ccccc1)CC2. The van der Waals surface area contributed by atoms with Crippen LogP contribution in [-0.4, -0.2) is 44.0 Å². The van der Waals surface area contributed by atoms with Gasteiger partial charge in [0.15, 0.2) is 11.5 Å². The molecule has 1 atom stereocenters. The number of nitrogens with zero attached hydrogens (tertiary/aromatic N) is 1. The van der Waals surface area contributed by atoms with E-state index in [0.717, 1.165) is 23.1 Å². The van der Waals surface area contributed by atoms with Gasteiger partial charge in [-0.2, -0.15) is 0 Å². The van der Waals surface area contributed by atoms with Gasteiger partial charge in [-0.25, -0.2) is 0 Å². The van der Waals surface area contributed by atoms with E-state index in [-0.39, 0.29) is 30.8 Å². The van der Waals surface area contributed by atoms with Gasteiger partial charge in [-0.15, -0.1) is 0 Å². The minimum Gasteiger partial charge on any atom is -0.493 e. The highest BCUT2D eigenvalue weighted by atomic mass is 16.5. The second-order valence-corrected chi connectivity index (χ2v) is 7.93. The van der Waals surface area contributed by atoms with Crippen molar-refractivity contribution in [2.75, 3.05) is 27.3 Å². The molecule has 0 spiro atoms. The third kappa shape index (κ3) is 4.85. The summed E-state index contributed by atoms with van der Waals surface area (Å²) in [6.45, 7) is 0.872. The summed E-state index contributed by atoms with van der Waals surface area (Å²) in [5, 5.41) is 2.85. The lowest BCUT2D eigenvalue weighted by Crippen LogP contribution is -2.42. The molecule has 0 radical (unpaired) electrons. The molecule has 0 fully saturated rings. The van der Waals surface area contributed by atoms with Gasteiger partial charge in [-0.1, -0.05) is 48.5 Å². The van der Waals surface area contributed by atoms with Crippen molar-refractivity contribution in [1.82, 2.24) is 10.2 Å². The number of methoxy groups -OCH3 is 2. The lowest BCUT2D eigenvalue weighted by molar-refractivity contribution is -0.133. The van der Waals surface area contributed by atoms with E-state index >= 15 is 0 Å². The Hall–Kier alpha value is -3.80. The van der Waals surface area contributed by atoms with E-state index in [4.69, 9.17) is 9.47 Å². The van der Waals surface area contributed by atoms with E-state index in [1.165, 1.54) is 0 Å². The Bertz CT molecular complexity index is 1120. The van der Waals surface area contributed by atoms with Crippen LogP contribution in [0.15, 0.2) is 72.8 Å². The summed E-state index contributed by atoms with van der Waals surface area (Å²) in [6, 6.07) is 22.8. The molecule has 1 heterocycles. The largest absolute Gasteiger partial charge is 0.493 e. The van der Waals surface area contributed by atoms with Crippen LogP contribution in [0.3, 0.4) is 0 Å². The monoisotopic (exact) mass is 444 g/mol. The van der Waals surface area contributed by atoms with E-state index in [9.17, 15) is 9.59 Å². The lowest BCUT2D eigenvalue weighted by Gasteiger charge is -2.38. The zero-order valence-electron chi connectivity index (χ0n) is 18.9. The molecule has 6 nitrogen and oxygen atoms in total. The van der Waals surface area contributed by atoms with Crippen molar-refractivity contribution in [1.29, 1.82) is 0 Å². The molecule has 1 aliphatic rings. The van der Waals surface area contributed by atoms with E-state index in [1.54, 1.807) is 26.4 Å². The third-order valence-electron chi connectivity index (χ3n) is 5.97. The number of benzene rings is 3. The van der Waals surface area contributed by atoms with Gasteiger partial charge in [-0.05, 0) is 47.4 Å². The number of rotatable bonds is 7. The van der Waals surface area contributed by atoms with Gasteiger partial charge in [0.1, 0.15) is 0 Å². The van der Waals surface area contributed by atoms with Crippen LogP contribution in [0.4, 0.5) is 0 Å². The van der Waals surface area contributed by atoms with Gasteiger partial charge >= 0.3 is 0 Å². The van der Waals surface area contributed by atoms with Crippen molar-refractivity contribution in [3.63, 3.8) is 0 Å². The van der Waals surface area contributed by atoms with E-state index < -0.39 is 0 Å². The number of hydrogen-bond donors (Lipinski definition) is 1. The van der Waals surface area contributed by atoms with E-state index in [2.05, 4.69) is 5.32 Å². The van der Waals surface area contributed by atoms with Gasteiger partial charge in [-0.3, -0.25) is 9.59 Å². The normalized spacial score (nSPS) is 14.8. The summed E-state index contributed by atoms with van der Waals surface area (Å²) in [7, 11) is 3.24. The van der Waals surface area contributed by atoms with Crippen LogP contribution in [0.5, 0.6) is 11.5 Å². The van der Waals surface area contributed by atoms with Crippen LogP contribution < -0.4 is 14.8 Å². The van der Waals surface area contributed by atoms with Gasteiger partial charge in [0, 0.05) is 25.1 Å². The van der Waals surface area contributed by atoms with Gasteiger partial charge in [0.25, 0.3) is 5.91 Å². The van der Waals surface area contributed by atoms with Gasteiger partial charge in [0.2, 0.25) is 5.91 Å². The Labute approximate surface area is 194 Å². The lowest BCUT2D eigenvalue weighted by atomic mass is 9.87. The van der Waals surface area contributed by atoms with Crippen LogP contribution in [0.1, 0.15) is 39.5 Å². The first-order valence-corrected chi connectivity index (χ1v) is 11.0. The first-order valence-electron chi connectivity index (χ1n) is 11.0. The summed E-state index contributed by atoms with van der Waals surface area (Å²) in [4.78, 5) is 27.5. The molecule has 6 heteroatoms. The average Bonchev–Trinajstić information content (AvgIpc) is 2.87. The highest BCUT2D eigenvalue weighted by Crippen LogP contribution is 2.41. The molecule has 0 aromatic heterocycles. The highest BCUT2D eigenvalue weighted by molar-refractivity contribution is 5.94. The summed E-state index contributed by atoms with van der Waals surface area (Å²) in [6.07, 6.45) is 0.950. The number of hydrogen-bond acceptors (Lipinski definition) is 4. The van der Waals surface area contributed by atoms with Crippen LogP contribution in [0.2, 0.25) is 0 Å². The molecule has 4 rings (SSSR count). The zero-order chi connectivity index (χ0) is 23.2. The number of amides is 2. The summed E-state index contributed by atoms with van der Waals surface area (Å²) < 4.78 is 11.0. The van der Waals surface area contributed by atoms with Crippen LogP contribution in [0, 0.1) is 0 Å². The predicted octanol–water partition coefficient (Wildman–Crippen LogP) is 4.00. The number of carbonyl (C=O) groups excluding carboxylic acids is 2. The van der Waals surface area contributed by atoms with E-state index in [1.807, 2.05) is 65.6 Å². The minimum absolute atomic E-state index is 0.00218. The van der Waals surface area contributed by atoms with Crippen molar-refractivity contribution in [2.24, 2.45) is 0 Å². The maximum Gasteiger partial charge on any atom is 0.251 e. The molecule has 2 amide bonds. The predicted molar refractivity (Wildman–Crippen MR) is 127 cm³/mol. The van der Waals surface area contributed by atoms with Crippen LogP contribution >= 0.6 is 0 Å². The number of ether oxygens (including phenoxy) is 2. The fraction of sp³-hybridized carbons (Fsp3) is 0.259. The Morgan fingerprint density at radius 1 is 0.939 bits per heavy atom. The Morgan fingerprint density at radius 3 is 2.24 bits per heavy atom. The van der Waals surface area contributed by atoms with Crippen molar-refractivity contribution in [2.45, 2.75) is 18.9 Å². The minimum atomic E-state index is -0.230. The smallest absolute Gasteiger partial charge is 0.251 e. The molecule has 0 bridgehead atoms. The molecule has 0 saturated carbocycles. The van der Waals surface area contributed by atoms with Crippen LogP contribution in [0.25, 0.3) is 0 Å². The first kappa shape index (κ1) is 22.4. The molecule has 1 unspecified atom stereocenters. The molecule has 3 aromatic carbocycles. The fourth-order valence-corrected chi connectivity index (χ4v) is 4.33. The number of nitrogens with one attached hydrogen (secondary N) is 1. The summed E-state index contributed by atoms with van der Waals surface area (Å²) in [5.41, 5.74) is 3.79. The van der Waals surface area contributed by atoms with Crippen molar-refractivity contribution < 1.29 is 19.1 Å². The molecule has 1 N–H and O–H groups in total. The highest BCUT2D eigenvalue weighted by Gasteiger charge is 2.33. The topological polar surface area (TPSA) is 67.9 Å². The van der Waals surface area contributed by atoms with Gasteiger partial charge in [0.05, 0.1) is 20.3 Å². The average molecular weight is 445 g/mol.